The van der Waals surface area contributed by atoms with Gasteiger partial charge in [0.1, 0.15) is 5.78 Å². The SMILES string of the molecule is CCCCCCCCC(CCO)C(C)=O. The summed E-state index contributed by atoms with van der Waals surface area (Å²) < 4.78 is 0. The Morgan fingerprint density at radius 2 is 1.67 bits per heavy atom. The van der Waals surface area contributed by atoms with Crippen molar-refractivity contribution in [1.82, 2.24) is 0 Å². The smallest absolute Gasteiger partial charge is 0.132 e. The molecule has 0 aliphatic carbocycles. The third kappa shape index (κ3) is 8.61. The molecule has 1 atom stereocenters. The van der Waals surface area contributed by atoms with Gasteiger partial charge in [-0.3, -0.25) is 4.79 Å². The Bertz CT molecular complexity index is 155. The number of aliphatic hydroxyl groups excluding tert-OH is 1. The Balaban J connectivity index is 3.41. The van der Waals surface area contributed by atoms with Gasteiger partial charge in [0.2, 0.25) is 0 Å². The van der Waals surface area contributed by atoms with Crippen LogP contribution in [-0.2, 0) is 4.79 Å². The Morgan fingerprint density at radius 3 is 2.20 bits per heavy atom. The lowest BCUT2D eigenvalue weighted by molar-refractivity contribution is -0.121. The monoisotopic (exact) mass is 214 g/mol. The molecular formula is C13H26O2. The number of rotatable bonds is 10. The molecule has 0 saturated carbocycles. The number of ketones is 1. The van der Waals surface area contributed by atoms with Crippen molar-refractivity contribution in [1.29, 1.82) is 0 Å². The summed E-state index contributed by atoms with van der Waals surface area (Å²) in [5.41, 5.74) is 0. The molecular weight excluding hydrogens is 188 g/mol. The highest BCUT2D eigenvalue weighted by Gasteiger charge is 2.12. The first-order valence-electron chi connectivity index (χ1n) is 6.33. The van der Waals surface area contributed by atoms with E-state index in [1.54, 1.807) is 6.92 Å². The third-order valence-electron chi connectivity index (χ3n) is 2.96. The molecule has 0 aromatic carbocycles. The largest absolute Gasteiger partial charge is 0.396 e. The minimum absolute atomic E-state index is 0.0983. The highest BCUT2D eigenvalue weighted by atomic mass is 16.3. The second-order valence-corrected chi connectivity index (χ2v) is 4.38. The molecule has 1 N–H and O–H groups in total. The van der Waals surface area contributed by atoms with E-state index < -0.39 is 0 Å². The van der Waals surface area contributed by atoms with Crippen LogP contribution in [0.5, 0.6) is 0 Å². The number of aliphatic hydroxyl groups is 1. The molecule has 2 nitrogen and oxygen atoms in total. The lowest BCUT2D eigenvalue weighted by atomic mass is 9.94. The van der Waals surface area contributed by atoms with Crippen molar-refractivity contribution in [2.75, 3.05) is 6.61 Å². The molecule has 0 radical (unpaired) electrons. The van der Waals surface area contributed by atoms with E-state index in [2.05, 4.69) is 6.92 Å². The van der Waals surface area contributed by atoms with Gasteiger partial charge in [-0.15, -0.1) is 0 Å². The minimum Gasteiger partial charge on any atom is -0.396 e. The number of carbonyl (C=O) groups excluding carboxylic acids is 1. The van der Waals surface area contributed by atoms with Crippen molar-refractivity contribution in [2.45, 2.75) is 65.2 Å². The fourth-order valence-electron chi connectivity index (χ4n) is 1.88. The van der Waals surface area contributed by atoms with Crippen molar-refractivity contribution in [3.63, 3.8) is 0 Å². The Morgan fingerprint density at radius 1 is 1.07 bits per heavy atom. The van der Waals surface area contributed by atoms with Gasteiger partial charge in [0.05, 0.1) is 0 Å². The Hall–Kier alpha value is -0.370. The normalized spacial score (nSPS) is 12.7. The van der Waals surface area contributed by atoms with Crippen LogP contribution in [0.15, 0.2) is 0 Å². The lowest BCUT2D eigenvalue weighted by Gasteiger charge is -2.11. The summed E-state index contributed by atoms with van der Waals surface area (Å²) >= 11 is 0. The molecule has 0 aromatic rings. The summed E-state index contributed by atoms with van der Waals surface area (Å²) in [6.45, 7) is 3.99. The van der Waals surface area contributed by atoms with Crippen molar-refractivity contribution < 1.29 is 9.90 Å². The zero-order chi connectivity index (χ0) is 11.5. The molecule has 0 spiro atoms. The summed E-state index contributed by atoms with van der Waals surface area (Å²) in [6, 6.07) is 0. The molecule has 0 aliphatic heterocycles. The number of carbonyl (C=O) groups is 1. The first-order chi connectivity index (χ1) is 7.22. The zero-order valence-electron chi connectivity index (χ0n) is 10.3. The predicted molar refractivity (Wildman–Crippen MR) is 63.9 cm³/mol. The molecule has 2 heteroatoms. The van der Waals surface area contributed by atoms with Crippen LogP contribution in [0.1, 0.15) is 65.2 Å². The molecule has 0 fully saturated rings. The van der Waals surface area contributed by atoms with Gasteiger partial charge in [-0.25, -0.2) is 0 Å². The van der Waals surface area contributed by atoms with Crippen LogP contribution >= 0.6 is 0 Å². The third-order valence-corrected chi connectivity index (χ3v) is 2.96. The van der Waals surface area contributed by atoms with Crippen LogP contribution in [0, 0.1) is 5.92 Å². The molecule has 0 bridgehead atoms. The van der Waals surface area contributed by atoms with Gasteiger partial charge >= 0.3 is 0 Å². The summed E-state index contributed by atoms with van der Waals surface area (Å²) in [5, 5.41) is 8.81. The zero-order valence-corrected chi connectivity index (χ0v) is 10.3. The number of Topliss-reactive ketones (excluding diaryl/α,β-unsaturated/α-hetero) is 1. The number of hydrogen-bond donors (Lipinski definition) is 1. The van der Waals surface area contributed by atoms with Crippen molar-refractivity contribution in [2.24, 2.45) is 5.92 Å². The van der Waals surface area contributed by atoms with E-state index in [9.17, 15) is 4.79 Å². The Labute approximate surface area is 94.1 Å². The topological polar surface area (TPSA) is 37.3 Å². The standard InChI is InChI=1S/C13H26O2/c1-3-4-5-6-7-8-9-13(10-11-14)12(2)15/h13-14H,3-11H2,1-2H3. The fourth-order valence-corrected chi connectivity index (χ4v) is 1.88. The van der Waals surface area contributed by atoms with E-state index in [1.807, 2.05) is 0 Å². The van der Waals surface area contributed by atoms with Crippen LogP contribution in [0.25, 0.3) is 0 Å². The van der Waals surface area contributed by atoms with E-state index in [0.717, 1.165) is 12.8 Å². The second-order valence-electron chi connectivity index (χ2n) is 4.38. The Kier molecular flexibility index (Phi) is 9.91. The summed E-state index contributed by atoms with van der Waals surface area (Å²) in [7, 11) is 0. The van der Waals surface area contributed by atoms with Crippen LogP contribution in [0.3, 0.4) is 0 Å². The average Bonchev–Trinajstić information content (AvgIpc) is 2.21. The van der Waals surface area contributed by atoms with Gasteiger partial charge in [0.25, 0.3) is 0 Å². The quantitative estimate of drug-likeness (QED) is 0.566. The first kappa shape index (κ1) is 14.6. The minimum atomic E-state index is 0.0983. The lowest BCUT2D eigenvalue weighted by Crippen LogP contribution is -2.12. The van der Waals surface area contributed by atoms with Gasteiger partial charge in [-0.05, 0) is 19.8 Å². The predicted octanol–water partition coefficient (Wildman–Crippen LogP) is 3.32. The molecule has 0 aromatic heterocycles. The summed E-state index contributed by atoms with van der Waals surface area (Å²) in [6.07, 6.45) is 9.18. The maximum atomic E-state index is 11.2. The molecule has 90 valence electrons. The highest BCUT2D eigenvalue weighted by molar-refractivity contribution is 5.78. The summed E-state index contributed by atoms with van der Waals surface area (Å²) in [4.78, 5) is 11.2. The van der Waals surface area contributed by atoms with Gasteiger partial charge in [-0.2, -0.15) is 0 Å². The van der Waals surface area contributed by atoms with Crippen molar-refractivity contribution >= 4 is 5.78 Å². The first-order valence-corrected chi connectivity index (χ1v) is 6.33. The molecule has 0 heterocycles. The van der Waals surface area contributed by atoms with E-state index in [-0.39, 0.29) is 18.3 Å². The van der Waals surface area contributed by atoms with Gasteiger partial charge in [-0.1, -0.05) is 45.4 Å². The number of unbranched alkanes of at least 4 members (excludes halogenated alkanes) is 5. The maximum Gasteiger partial charge on any atom is 0.132 e. The summed E-state index contributed by atoms with van der Waals surface area (Å²) in [5.74, 6) is 0.332. The van der Waals surface area contributed by atoms with Crippen molar-refractivity contribution in [3.05, 3.63) is 0 Å². The highest BCUT2D eigenvalue weighted by Crippen LogP contribution is 2.15. The van der Waals surface area contributed by atoms with Crippen LogP contribution < -0.4 is 0 Å². The molecule has 0 aliphatic rings. The fraction of sp³-hybridized carbons (Fsp3) is 0.923. The van der Waals surface area contributed by atoms with Crippen LogP contribution in [0.4, 0.5) is 0 Å². The molecule has 0 saturated heterocycles. The van der Waals surface area contributed by atoms with Crippen LogP contribution in [-0.4, -0.2) is 17.5 Å². The molecule has 0 amide bonds. The van der Waals surface area contributed by atoms with Gasteiger partial charge < -0.3 is 5.11 Å². The molecule has 0 rings (SSSR count). The van der Waals surface area contributed by atoms with E-state index in [1.165, 1.54) is 32.1 Å². The number of hydrogen-bond acceptors (Lipinski definition) is 2. The van der Waals surface area contributed by atoms with E-state index >= 15 is 0 Å². The maximum absolute atomic E-state index is 11.2. The van der Waals surface area contributed by atoms with E-state index in [0.29, 0.717) is 6.42 Å². The van der Waals surface area contributed by atoms with Crippen molar-refractivity contribution in [3.8, 4) is 0 Å². The molecule has 15 heavy (non-hydrogen) atoms. The average molecular weight is 214 g/mol. The van der Waals surface area contributed by atoms with Gasteiger partial charge in [0.15, 0.2) is 0 Å². The molecule has 1 unspecified atom stereocenters. The second kappa shape index (κ2) is 10.2. The van der Waals surface area contributed by atoms with Gasteiger partial charge in [0, 0.05) is 12.5 Å². The van der Waals surface area contributed by atoms with E-state index in [4.69, 9.17) is 5.11 Å². The van der Waals surface area contributed by atoms with Crippen LogP contribution in [0.2, 0.25) is 0 Å².